The molecule has 2 N–H and O–H groups in total. The van der Waals surface area contributed by atoms with Gasteiger partial charge in [0.15, 0.2) is 6.19 Å². The largest absolute Gasteiger partial charge is 0.325 e. The van der Waals surface area contributed by atoms with E-state index in [1.807, 2.05) is 36.5 Å². The van der Waals surface area contributed by atoms with Crippen LogP contribution in [0.5, 0.6) is 0 Å². The number of anilines is 1. The smallest absolute Gasteiger partial charge is 0.246 e. The number of guanidine groups is 1. The number of benzene rings is 2. The molecule has 0 atom stereocenters. The molecular formula is C31H38N6O2. The first-order chi connectivity index (χ1) is 19.2. The second kappa shape index (κ2) is 15.5. The zero-order valence-corrected chi connectivity index (χ0v) is 22.5. The number of hydrogen-bond acceptors (Lipinski definition) is 5. The van der Waals surface area contributed by atoms with Crippen LogP contribution in [0, 0.1) is 11.5 Å². The third kappa shape index (κ3) is 9.08. The van der Waals surface area contributed by atoms with E-state index in [0.717, 1.165) is 68.0 Å². The van der Waals surface area contributed by atoms with Gasteiger partial charge in [0.2, 0.25) is 11.9 Å². The lowest BCUT2D eigenvalue weighted by atomic mass is 9.98. The molecule has 8 heteroatoms. The molecule has 0 spiro atoms. The zero-order chi connectivity index (χ0) is 27.1. The summed E-state index contributed by atoms with van der Waals surface area (Å²) in [5.41, 5.74) is 1.92. The summed E-state index contributed by atoms with van der Waals surface area (Å²) >= 11 is 0. The van der Waals surface area contributed by atoms with Gasteiger partial charge in [0.05, 0.1) is 12.6 Å². The highest BCUT2D eigenvalue weighted by Crippen LogP contribution is 2.25. The van der Waals surface area contributed by atoms with Crippen molar-refractivity contribution in [1.82, 2.24) is 15.4 Å². The van der Waals surface area contributed by atoms with Gasteiger partial charge in [-0.15, -0.1) is 0 Å². The molecule has 0 radical (unpaired) electrons. The topological polar surface area (TPSA) is 103 Å². The number of fused-ring (bicyclic) bond motifs is 1. The lowest BCUT2D eigenvalue weighted by Crippen LogP contribution is -2.35. The molecule has 0 aliphatic heterocycles. The SMILES string of the molecule is N#CNC(=NCCCCCCC(=O)N(Cc1cccc2ccccc12)OC1CCCCC1)Nc1ccncc1. The Morgan fingerprint density at radius 3 is 2.59 bits per heavy atom. The van der Waals surface area contributed by atoms with Crippen LogP contribution < -0.4 is 10.6 Å². The normalized spacial score (nSPS) is 14.1. The summed E-state index contributed by atoms with van der Waals surface area (Å²) in [4.78, 5) is 28.1. The number of hydrogen-bond donors (Lipinski definition) is 2. The molecule has 1 amide bonds. The quantitative estimate of drug-likeness (QED) is 0.0715. The first kappa shape index (κ1) is 28.1. The molecule has 3 aromatic rings. The lowest BCUT2D eigenvalue weighted by Gasteiger charge is -2.30. The predicted octanol–water partition coefficient (Wildman–Crippen LogP) is 6.32. The molecule has 0 unspecified atom stereocenters. The Morgan fingerprint density at radius 1 is 1.00 bits per heavy atom. The maximum absolute atomic E-state index is 13.3. The van der Waals surface area contributed by atoms with Gasteiger partial charge in [-0.1, -0.05) is 74.6 Å². The van der Waals surface area contributed by atoms with Crippen LogP contribution in [0.4, 0.5) is 5.69 Å². The van der Waals surface area contributed by atoms with Gasteiger partial charge in [-0.3, -0.25) is 24.9 Å². The van der Waals surface area contributed by atoms with Crippen molar-refractivity contribution in [3.63, 3.8) is 0 Å². The summed E-state index contributed by atoms with van der Waals surface area (Å²) in [6, 6.07) is 18.2. The van der Waals surface area contributed by atoms with E-state index < -0.39 is 0 Å². The van der Waals surface area contributed by atoms with Crippen molar-refractivity contribution >= 4 is 28.3 Å². The van der Waals surface area contributed by atoms with Crippen LogP contribution in [-0.2, 0) is 16.2 Å². The van der Waals surface area contributed by atoms with Gasteiger partial charge in [0, 0.05) is 31.0 Å². The van der Waals surface area contributed by atoms with Crippen molar-refractivity contribution in [2.24, 2.45) is 4.99 Å². The minimum atomic E-state index is 0.0496. The number of amides is 1. The third-order valence-electron chi connectivity index (χ3n) is 6.99. The molecule has 0 bridgehead atoms. The van der Waals surface area contributed by atoms with E-state index in [2.05, 4.69) is 44.9 Å². The van der Waals surface area contributed by atoms with Crippen LogP contribution in [0.25, 0.3) is 10.8 Å². The van der Waals surface area contributed by atoms with E-state index in [4.69, 9.17) is 10.1 Å². The van der Waals surface area contributed by atoms with Crippen molar-refractivity contribution in [3.8, 4) is 6.19 Å². The van der Waals surface area contributed by atoms with E-state index in [-0.39, 0.29) is 12.0 Å². The van der Waals surface area contributed by atoms with Crippen molar-refractivity contribution in [2.45, 2.75) is 76.9 Å². The fourth-order valence-corrected chi connectivity index (χ4v) is 4.91. The Morgan fingerprint density at radius 2 is 1.77 bits per heavy atom. The Balaban J connectivity index is 1.26. The second-order valence-electron chi connectivity index (χ2n) is 9.93. The van der Waals surface area contributed by atoms with Gasteiger partial charge < -0.3 is 5.32 Å². The second-order valence-corrected chi connectivity index (χ2v) is 9.93. The van der Waals surface area contributed by atoms with Gasteiger partial charge in [-0.05, 0) is 54.2 Å². The Labute approximate surface area is 231 Å². The van der Waals surface area contributed by atoms with Crippen LogP contribution >= 0.6 is 0 Å². The minimum absolute atomic E-state index is 0.0496. The van der Waals surface area contributed by atoms with Crippen molar-refractivity contribution in [1.29, 1.82) is 5.26 Å². The molecule has 1 aliphatic rings. The summed E-state index contributed by atoms with van der Waals surface area (Å²) in [5, 5.41) is 18.6. The van der Waals surface area contributed by atoms with Crippen LogP contribution in [0.1, 0.15) is 69.8 Å². The first-order valence-electron chi connectivity index (χ1n) is 14.0. The molecule has 1 aromatic heterocycles. The van der Waals surface area contributed by atoms with Gasteiger partial charge in [0.25, 0.3) is 0 Å². The predicted molar refractivity (Wildman–Crippen MR) is 154 cm³/mol. The maximum atomic E-state index is 13.3. The number of carbonyl (C=O) groups is 1. The van der Waals surface area contributed by atoms with Crippen LogP contribution in [0.3, 0.4) is 0 Å². The van der Waals surface area contributed by atoms with Gasteiger partial charge >= 0.3 is 0 Å². The summed E-state index contributed by atoms with van der Waals surface area (Å²) in [6.45, 7) is 1.05. The summed E-state index contributed by atoms with van der Waals surface area (Å²) in [6.07, 6.45) is 15.0. The molecule has 0 saturated heterocycles. The minimum Gasteiger partial charge on any atom is -0.325 e. The van der Waals surface area contributed by atoms with Crippen molar-refractivity contribution in [3.05, 3.63) is 72.6 Å². The van der Waals surface area contributed by atoms with Gasteiger partial charge in [-0.2, -0.15) is 5.26 Å². The molecule has 1 heterocycles. The number of nitrogens with zero attached hydrogens (tertiary/aromatic N) is 4. The van der Waals surface area contributed by atoms with Crippen LogP contribution in [0.2, 0.25) is 0 Å². The number of aliphatic imine (C=N–C) groups is 1. The number of pyridine rings is 1. The standard InChI is InChI=1S/C31H38N6O2/c32-24-35-31(36-27-18-21-33-22-19-27)34-20-9-2-1-6-17-30(38)37(39-28-14-4-3-5-15-28)23-26-13-10-12-25-11-7-8-16-29(25)26/h7-8,10-13,16,18-19,21-22,28H,1-6,9,14-15,17,20,23H2,(H2,33,34,35,36). The molecule has 1 aliphatic carbocycles. The average molecular weight is 527 g/mol. The van der Waals surface area contributed by atoms with Crippen molar-refractivity contribution in [2.75, 3.05) is 11.9 Å². The van der Waals surface area contributed by atoms with Crippen molar-refractivity contribution < 1.29 is 9.63 Å². The first-order valence-corrected chi connectivity index (χ1v) is 14.0. The Kier molecular flexibility index (Phi) is 11.1. The molecule has 2 aromatic carbocycles. The summed E-state index contributed by atoms with van der Waals surface area (Å²) in [5.74, 6) is 0.469. The zero-order valence-electron chi connectivity index (χ0n) is 22.5. The molecular weight excluding hydrogens is 488 g/mol. The van der Waals surface area contributed by atoms with Crippen LogP contribution in [0.15, 0.2) is 72.0 Å². The molecule has 1 saturated carbocycles. The summed E-state index contributed by atoms with van der Waals surface area (Å²) < 4.78 is 0. The molecule has 39 heavy (non-hydrogen) atoms. The monoisotopic (exact) mass is 526 g/mol. The fraction of sp³-hybridized carbons (Fsp3) is 0.419. The number of aromatic nitrogens is 1. The Hall–Kier alpha value is -3.96. The number of nitrogens with one attached hydrogen (secondary N) is 2. The van der Waals surface area contributed by atoms with Gasteiger partial charge in [0.1, 0.15) is 0 Å². The van der Waals surface area contributed by atoms with Gasteiger partial charge in [-0.25, -0.2) is 5.06 Å². The number of unbranched alkanes of at least 4 members (excludes halogenated alkanes) is 3. The lowest BCUT2D eigenvalue weighted by molar-refractivity contribution is -0.215. The van der Waals surface area contributed by atoms with E-state index in [0.29, 0.717) is 25.5 Å². The summed E-state index contributed by atoms with van der Waals surface area (Å²) in [7, 11) is 0. The number of carbonyl (C=O) groups excluding carboxylic acids is 1. The average Bonchev–Trinajstić information content (AvgIpc) is 2.97. The highest BCUT2D eigenvalue weighted by molar-refractivity contribution is 5.94. The number of hydroxylamine groups is 2. The van der Waals surface area contributed by atoms with E-state index in [1.165, 1.54) is 11.8 Å². The maximum Gasteiger partial charge on any atom is 0.246 e. The van der Waals surface area contributed by atoms with E-state index in [9.17, 15) is 4.79 Å². The third-order valence-corrected chi connectivity index (χ3v) is 6.99. The van der Waals surface area contributed by atoms with Crippen LogP contribution in [-0.4, -0.2) is 34.6 Å². The highest BCUT2D eigenvalue weighted by Gasteiger charge is 2.22. The van der Waals surface area contributed by atoms with E-state index in [1.54, 1.807) is 17.5 Å². The Bertz CT molecular complexity index is 1250. The highest BCUT2D eigenvalue weighted by atomic mass is 16.7. The number of nitriles is 1. The molecule has 4 rings (SSSR count). The van der Waals surface area contributed by atoms with E-state index >= 15 is 0 Å². The molecule has 1 fully saturated rings. The number of rotatable bonds is 12. The fourth-order valence-electron chi connectivity index (χ4n) is 4.91. The molecule has 8 nitrogen and oxygen atoms in total. The molecule has 204 valence electrons.